The lowest BCUT2D eigenvalue weighted by molar-refractivity contribution is -0.146. The average molecular weight is 460 g/mol. The van der Waals surface area contributed by atoms with Crippen molar-refractivity contribution in [3.05, 3.63) is 51.6 Å². The van der Waals surface area contributed by atoms with Crippen molar-refractivity contribution in [2.45, 2.75) is 44.8 Å². The zero-order valence-electron chi connectivity index (χ0n) is 18.2. The monoisotopic (exact) mass is 459 g/mol. The second kappa shape index (κ2) is 9.38. The summed E-state index contributed by atoms with van der Waals surface area (Å²) in [4.78, 5) is 39.4. The molecule has 0 radical (unpaired) electrons. The number of ether oxygens (including phenoxy) is 4. The zero-order chi connectivity index (χ0) is 22.8. The largest absolute Gasteiger partial charge is 0.497 e. The van der Waals surface area contributed by atoms with Crippen LogP contribution in [0.3, 0.4) is 0 Å². The number of amides is 1. The number of rotatable bonds is 7. The lowest BCUT2D eigenvalue weighted by Gasteiger charge is -2.38. The van der Waals surface area contributed by atoms with Crippen molar-refractivity contribution < 1.29 is 33.3 Å². The van der Waals surface area contributed by atoms with Gasteiger partial charge in [0.15, 0.2) is 0 Å². The molecule has 0 unspecified atom stereocenters. The van der Waals surface area contributed by atoms with Crippen LogP contribution in [0.1, 0.15) is 32.3 Å². The van der Waals surface area contributed by atoms with Gasteiger partial charge in [-0.05, 0) is 43.0 Å². The van der Waals surface area contributed by atoms with Gasteiger partial charge in [0, 0.05) is 18.4 Å². The van der Waals surface area contributed by atoms with E-state index in [1.807, 2.05) is 12.1 Å². The van der Waals surface area contributed by atoms with Gasteiger partial charge in [0.1, 0.15) is 30.0 Å². The Kier molecular flexibility index (Phi) is 6.57. The van der Waals surface area contributed by atoms with Crippen LogP contribution < -0.4 is 4.74 Å². The van der Waals surface area contributed by atoms with Gasteiger partial charge in [-0.15, -0.1) is 0 Å². The molecule has 0 spiro atoms. The SMILES string of the molecule is COc1ccc(COC(=O)C2=C([C@@H]3CCCO3)S[C@@H]3/C(=C(/C)COC(C)=O)C(=O)N23)cc1. The summed E-state index contributed by atoms with van der Waals surface area (Å²) in [6, 6.07) is 7.23. The maximum atomic E-state index is 13.1. The second-order valence-corrected chi connectivity index (χ2v) is 8.88. The summed E-state index contributed by atoms with van der Waals surface area (Å²) in [7, 11) is 1.59. The Labute approximate surface area is 190 Å². The number of thioether (sulfide) groups is 1. The molecule has 3 aliphatic rings. The van der Waals surface area contributed by atoms with Crippen LogP contribution in [0.25, 0.3) is 0 Å². The van der Waals surface area contributed by atoms with Gasteiger partial charge in [-0.3, -0.25) is 14.5 Å². The molecule has 2 atom stereocenters. The molecule has 0 N–H and O–H groups in total. The van der Waals surface area contributed by atoms with Crippen molar-refractivity contribution in [2.24, 2.45) is 0 Å². The summed E-state index contributed by atoms with van der Waals surface area (Å²) in [5.41, 5.74) is 2.31. The fourth-order valence-corrected chi connectivity index (χ4v) is 5.46. The number of hydrogen-bond acceptors (Lipinski definition) is 8. The van der Waals surface area contributed by atoms with E-state index in [4.69, 9.17) is 18.9 Å². The normalized spacial score (nSPS) is 23.6. The first-order chi connectivity index (χ1) is 15.4. The highest BCUT2D eigenvalue weighted by Crippen LogP contribution is 2.52. The third-order valence-electron chi connectivity index (χ3n) is 5.54. The van der Waals surface area contributed by atoms with Crippen LogP contribution in [0.5, 0.6) is 5.75 Å². The van der Waals surface area contributed by atoms with Crippen LogP contribution in [-0.2, 0) is 35.2 Å². The van der Waals surface area contributed by atoms with Gasteiger partial charge in [-0.25, -0.2) is 4.79 Å². The molecule has 9 heteroatoms. The highest BCUT2D eigenvalue weighted by molar-refractivity contribution is 8.04. The standard InChI is InChI=1S/C23H25NO7S/c1-13(11-30-14(2)25)18-21(26)24-19(20(32-22(18)24)17-5-4-10-29-17)23(27)31-12-15-6-8-16(28-3)9-7-15/h6-9,17,22H,4-5,10-12H2,1-3H3/b18-13-/t17-,22+/m0/s1. The Morgan fingerprint density at radius 1 is 1.19 bits per heavy atom. The van der Waals surface area contributed by atoms with E-state index in [0.29, 0.717) is 23.5 Å². The zero-order valence-corrected chi connectivity index (χ0v) is 19.0. The lowest BCUT2D eigenvalue weighted by Crippen LogP contribution is -2.52. The topological polar surface area (TPSA) is 91.4 Å². The fourth-order valence-electron chi connectivity index (χ4n) is 3.86. The number of carbonyl (C=O) groups is 3. The summed E-state index contributed by atoms with van der Waals surface area (Å²) < 4.78 is 21.6. The molecule has 32 heavy (non-hydrogen) atoms. The van der Waals surface area contributed by atoms with Crippen molar-refractivity contribution in [3.63, 3.8) is 0 Å². The molecule has 170 valence electrons. The van der Waals surface area contributed by atoms with Crippen molar-refractivity contribution in [2.75, 3.05) is 20.3 Å². The number of hydrogen-bond donors (Lipinski definition) is 0. The van der Waals surface area contributed by atoms with Crippen molar-refractivity contribution in [3.8, 4) is 5.75 Å². The summed E-state index contributed by atoms with van der Waals surface area (Å²) in [5, 5.41) is -0.333. The third kappa shape index (κ3) is 4.27. The number of methoxy groups -OCH3 is 1. The summed E-state index contributed by atoms with van der Waals surface area (Å²) in [6.07, 6.45) is 1.46. The summed E-state index contributed by atoms with van der Waals surface area (Å²) in [5.74, 6) is -0.510. The number of esters is 2. The van der Waals surface area contributed by atoms with Gasteiger partial charge in [-0.1, -0.05) is 23.9 Å². The van der Waals surface area contributed by atoms with Crippen LogP contribution in [0.4, 0.5) is 0 Å². The maximum Gasteiger partial charge on any atom is 0.356 e. The van der Waals surface area contributed by atoms with Crippen LogP contribution in [-0.4, -0.2) is 54.5 Å². The average Bonchev–Trinajstić information content (AvgIpc) is 3.42. The van der Waals surface area contributed by atoms with Crippen molar-refractivity contribution in [1.29, 1.82) is 0 Å². The van der Waals surface area contributed by atoms with Gasteiger partial charge >= 0.3 is 11.9 Å². The van der Waals surface area contributed by atoms with Gasteiger partial charge < -0.3 is 18.9 Å². The van der Waals surface area contributed by atoms with Gasteiger partial charge in [0.05, 0.1) is 18.8 Å². The molecule has 0 saturated carbocycles. The predicted molar refractivity (Wildman–Crippen MR) is 116 cm³/mol. The molecular weight excluding hydrogens is 434 g/mol. The first-order valence-electron chi connectivity index (χ1n) is 10.4. The molecule has 1 aromatic carbocycles. The highest BCUT2D eigenvalue weighted by Gasteiger charge is 2.55. The predicted octanol–water partition coefficient (Wildman–Crippen LogP) is 2.92. The number of nitrogens with zero attached hydrogens (tertiary/aromatic N) is 1. The van der Waals surface area contributed by atoms with E-state index >= 15 is 0 Å². The van der Waals surface area contributed by atoms with Gasteiger partial charge in [0.2, 0.25) is 0 Å². The molecule has 2 fully saturated rings. The van der Waals surface area contributed by atoms with E-state index in [2.05, 4.69) is 0 Å². The van der Waals surface area contributed by atoms with Crippen molar-refractivity contribution >= 4 is 29.6 Å². The Balaban J connectivity index is 1.53. The molecule has 3 aliphatic heterocycles. The molecule has 0 aliphatic carbocycles. The van der Waals surface area contributed by atoms with Crippen molar-refractivity contribution in [1.82, 2.24) is 4.90 Å². The Morgan fingerprint density at radius 3 is 2.56 bits per heavy atom. The quantitative estimate of drug-likeness (QED) is 0.349. The number of fused-ring (bicyclic) bond motifs is 1. The third-order valence-corrected chi connectivity index (χ3v) is 6.92. The minimum absolute atomic E-state index is 0.0494. The van der Waals surface area contributed by atoms with Gasteiger partial charge in [-0.2, -0.15) is 0 Å². The maximum absolute atomic E-state index is 13.1. The number of β-lactam (4-membered cyclic amide) rings is 1. The van der Waals surface area contributed by atoms with Crippen LogP contribution in [0.2, 0.25) is 0 Å². The van der Waals surface area contributed by atoms with E-state index in [9.17, 15) is 14.4 Å². The van der Waals surface area contributed by atoms with E-state index < -0.39 is 11.9 Å². The minimum Gasteiger partial charge on any atom is -0.497 e. The van der Waals surface area contributed by atoms with E-state index in [0.717, 1.165) is 23.3 Å². The molecule has 4 rings (SSSR count). The first-order valence-corrected chi connectivity index (χ1v) is 11.3. The van der Waals surface area contributed by atoms with Gasteiger partial charge in [0.25, 0.3) is 5.91 Å². The fraction of sp³-hybridized carbons (Fsp3) is 0.435. The Bertz CT molecular complexity index is 992. The molecule has 0 aromatic heterocycles. The van der Waals surface area contributed by atoms with E-state index in [1.54, 1.807) is 26.2 Å². The molecule has 2 saturated heterocycles. The molecule has 1 amide bonds. The number of benzene rings is 1. The molecular formula is C23H25NO7S. The lowest BCUT2D eigenvalue weighted by atomic mass is 9.99. The molecule has 0 bridgehead atoms. The highest BCUT2D eigenvalue weighted by atomic mass is 32.2. The molecule has 8 nitrogen and oxygen atoms in total. The molecule has 1 aromatic rings. The molecule has 3 heterocycles. The van der Waals surface area contributed by atoms with Crippen LogP contribution >= 0.6 is 11.8 Å². The summed E-state index contributed by atoms with van der Waals surface area (Å²) >= 11 is 1.44. The summed E-state index contributed by atoms with van der Waals surface area (Å²) in [6.45, 7) is 3.84. The smallest absolute Gasteiger partial charge is 0.356 e. The Hall–Kier alpha value is -2.78. The second-order valence-electron chi connectivity index (χ2n) is 7.76. The number of carbonyl (C=O) groups excluding carboxylic acids is 3. The van der Waals surface area contributed by atoms with E-state index in [-0.39, 0.29) is 36.3 Å². The first kappa shape index (κ1) is 22.4. The minimum atomic E-state index is -0.550. The van der Waals surface area contributed by atoms with E-state index in [1.165, 1.54) is 23.6 Å². The Morgan fingerprint density at radius 2 is 1.94 bits per heavy atom. The van der Waals surface area contributed by atoms with Crippen LogP contribution in [0.15, 0.2) is 46.0 Å². The van der Waals surface area contributed by atoms with Crippen LogP contribution in [0, 0.1) is 0 Å².